The average molecular weight is 629 g/mol. The zero-order valence-electron chi connectivity index (χ0n) is 30.7. The molecule has 5 aromatic rings. The Labute approximate surface area is 288 Å². The molecule has 3 heteroatoms. The molecule has 0 amide bonds. The van der Waals surface area contributed by atoms with E-state index in [0.717, 1.165) is 0 Å². The molecule has 48 heavy (non-hydrogen) atoms. The van der Waals surface area contributed by atoms with Crippen molar-refractivity contribution in [2.24, 2.45) is 0 Å². The van der Waals surface area contributed by atoms with Crippen LogP contribution in [0.15, 0.2) is 97.1 Å². The van der Waals surface area contributed by atoms with Crippen molar-refractivity contribution in [3.63, 3.8) is 0 Å². The highest BCUT2D eigenvalue weighted by Gasteiger charge is 2.56. The number of anilines is 5. The molecule has 2 nitrogen and oxygen atoms in total. The van der Waals surface area contributed by atoms with Gasteiger partial charge in [-0.05, 0) is 106 Å². The third-order valence-electron chi connectivity index (χ3n) is 12.0. The maximum Gasteiger partial charge on any atom is 0.252 e. The van der Waals surface area contributed by atoms with Gasteiger partial charge in [0.05, 0.1) is 5.69 Å². The summed E-state index contributed by atoms with van der Waals surface area (Å²) in [7, 11) is 0. The van der Waals surface area contributed by atoms with Gasteiger partial charge in [0, 0.05) is 39.3 Å². The third kappa shape index (κ3) is 4.19. The average Bonchev–Trinajstić information content (AvgIpc) is 3.19. The van der Waals surface area contributed by atoms with Crippen molar-refractivity contribution >= 4 is 51.5 Å². The normalized spacial score (nSPS) is 16.9. The first-order chi connectivity index (χ1) is 22.5. The van der Waals surface area contributed by atoms with Crippen molar-refractivity contribution in [3.05, 3.63) is 119 Å². The van der Waals surface area contributed by atoms with Crippen LogP contribution in [0.1, 0.15) is 91.5 Å². The summed E-state index contributed by atoms with van der Waals surface area (Å²) < 4.78 is 0. The number of benzene rings is 5. The van der Waals surface area contributed by atoms with Gasteiger partial charge in [0.2, 0.25) is 0 Å². The molecule has 3 heterocycles. The van der Waals surface area contributed by atoms with Crippen LogP contribution >= 0.6 is 0 Å². The fourth-order valence-corrected chi connectivity index (χ4v) is 8.65. The van der Waals surface area contributed by atoms with E-state index in [1.165, 1.54) is 78.2 Å². The molecule has 0 radical (unpaired) electrons. The summed E-state index contributed by atoms with van der Waals surface area (Å²) in [6.07, 6.45) is 0. The maximum atomic E-state index is 2.71. The van der Waals surface area contributed by atoms with E-state index in [0.29, 0.717) is 0 Å². The molecule has 3 aliphatic rings. The van der Waals surface area contributed by atoms with E-state index in [-0.39, 0.29) is 28.5 Å². The van der Waals surface area contributed by atoms with Crippen molar-refractivity contribution in [1.82, 2.24) is 0 Å². The molecule has 0 bridgehead atoms. The number of hydrogen-bond donors (Lipinski definition) is 0. The molecular formula is C45H49BN2. The summed E-state index contributed by atoms with van der Waals surface area (Å²) in [6.45, 7) is 26.1. The highest BCUT2D eigenvalue weighted by Crippen LogP contribution is 2.56. The lowest BCUT2D eigenvalue weighted by Gasteiger charge is -2.48. The van der Waals surface area contributed by atoms with Gasteiger partial charge in [-0.3, -0.25) is 0 Å². The fraction of sp³-hybridized carbons (Fsp3) is 0.333. The Hall–Kier alpha value is -4.24. The minimum atomic E-state index is -0.111. The Morgan fingerprint density at radius 1 is 0.583 bits per heavy atom. The quantitative estimate of drug-likeness (QED) is 0.176. The number of para-hydroxylation sites is 1. The molecule has 0 N–H and O–H groups in total. The van der Waals surface area contributed by atoms with E-state index in [1.54, 1.807) is 0 Å². The first kappa shape index (κ1) is 31.1. The van der Waals surface area contributed by atoms with Crippen molar-refractivity contribution in [2.75, 3.05) is 9.80 Å². The predicted octanol–water partition coefficient (Wildman–Crippen LogP) is 10.1. The standard InChI is InChI=1S/C45H49BN2/c1-28-24-38-40-39(25-28)48-41-33(44(8,9)45(48,10)11)18-15-19-34(41)46(40)35-27-31(43(5,6)7)21-23-37(35)47(38)36-22-20-30(42(2,3)4)26-32(36)29-16-13-12-14-17-29/h12-27H,1-11H3. The van der Waals surface area contributed by atoms with Crippen LogP contribution in [0, 0.1) is 6.92 Å². The van der Waals surface area contributed by atoms with E-state index in [4.69, 9.17) is 0 Å². The molecule has 0 unspecified atom stereocenters. The fourth-order valence-electron chi connectivity index (χ4n) is 8.65. The van der Waals surface area contributed by atoms with Crippen LogP contribution in [0.25, 0.3) is 11.1 Å². The number of aryl methyl sites for hydroxylation is 1. The Morgan fingerprint density at radius 2 is 1.21 bits per heavy atom. The van der Waals surface area contributed by atoms with Crippen molar-refractivity contribution in [3.8, 4) is 11.1 Å². The van der Waals surface area contributed by atoms with Gasteiger partial charge in [0.1, 0.15) is 0 Å². The van der Waals surface area contributed by atoms with E-state index < -0.39 is 0 Å². The van der Waals surface area contributed by atoms with Crippen molar-refractivity contribution < 1.29 is 0 Å². The topological polar surface area (TPSA) is 6.48 Å². The second-order valence-corrected chi connectivity index (χ2v) is 17.6. The van der Waals surface area contributed by atoms with E-state index in [2.05, 4.69) is 183 Å². The first-order valence-corrected chi connectivity index (χ1v) is 17.7. The van der Waals surface area contributed by atoms with Crippen LogP contribution in [0.2, 0.25) is 0 Å². The van der Waals surface area contributed by atoms with Crippen LogP contribution in [-0.2, 0) is 16.2 Å². The zero-order valence-corrected chi connectivity index (χ0v) is 30.7. The molecule has 0 saturated carbocycles. The molecular weight excluding hydrogens is 579 g/mol. The molecule has 3 aliphatic heterocycles. The second kappa shape index (κ2) is 9.91. The molecule has 242 valence electrons. The molecule has 0 atom stereocenters. The van der Waals surface area contributed by atoms with Crippen molar-refractivity contribution in [1.29, 1.82) is 0 Å². The van der Waals surface area contributed by atoms with Gasteiger partial charge in [-0.1, -0.05) is 122 Å². The first-order valence-electron chi connectivity index (χ1n) is 17.7. The summed E-state index contributed by atoms with van der Waals surface area (Å²) in [5.41, 5.74) is 18.7. The molecule has 0 spiro atoms. The van der Waals surface area contributed by atoms with Crippen LogP contribution in [0.3, 0.4) is 0 Å². The third-order valence-corrected chi connectivity index (χ3v) is 12.0. The largest absolute Gasteiger partial charge is 0.336 e. The minimum Gasteiger partial charge on any atom is -0.336 e. The van der Waals surface area contributed by atoms with Gasteiger partial charge in [0.15, 0.2) is 0 Å². The van der Waals surface area contributed by atoms with Gasteiger partial charge < -0.3 is 9.80 Å². The van der Waals surface area contributed by atoms with Crippen LogP contribution in [0.4, 0.5) is 28.4 Å². The number of fused-ring (bicyclic) bond motifs is 4. The number of rotatable bonds is 2. The smallest absolute Gasteiger partial charge is 0.252 e. The Kier molecular flexibility index (Phi) is 6.41. The lowest BCUT2D eigenvalue weighted by molar-refractivity contribution is 0.330. The van der Waals surface area contributed by atoms with Gasteiger partial charge in [0.25, 0.3) is 6.71 Å². The molecule has 0 fully saturated rings. The monoisotopic (exact) mass is 628 g/mol. The Bertz CT molecular complexity index is 2120. The Morgan fingerprint density at radius 3 is 1.88 bits per heavy atom. The van der Waals surface area contributed by atoms with Gasteiger partial charge in [-0.25, -0.2) is 0 Å². The van der Waals surface area contributed by atoms with Crippen LogP contribution in [-0.4, -0.2) is 12.3 Å². The minimum absolute atomic E-state index is 0.0263. The van der Waals surface area contributed by atoms with Crippen LogP contribution in [0.5, 0.6) is 0 Å². The number of hydrogen-bond acceptors (Lipinski definition) is 2. The van der Waals surface area contributed by atoms with Gasteiger partial charge in [-0.15, -0.1) is 0 Å². The summed E-state index contributed by atoms with van der Waals surface area (Å²) in [5, 5.41) is 0. The molecule has 0 aliphatic carbocycles. The summed E-state index contributed by atoms with van der Waals surface area (Å²) >= 11 is 0. The molecule has 8 rings (SSSR count). The highest BCUT2D eigenvalue weighted by molar-refractivity contribution is 7.00. The molecule has 0 aromatic heterocycles. The molecule has 0 saturated heterocycles. The van der Waals surface area contributed by atoms with Gasteiger partial charge >= 0.3 is 0 Å². The maximum absolute atomic E-state index is 2.71. The SMILES string of the molecule is Cc1cc2c3c(c1)N1c4c(cccc4C(C)(C)C1(C)C)B3c1cc(C(C)(C)C)ccc1N2c1ccc(C(C)(C)C)cc1-c1ccccc1. The number of nitrogens with zero attached hydrogens (tertiary/aromatic N) is 2. The summed E-state index contributed by atoms with van der Waals surface area (Å²) in [5.74, 6) is 0. The van der Waals surface area contributed by atoms with E-state index in [1.807, 2.05) is 0 Å². The van der Waals surface area contributed by atoms with E-state index in [9.17, 15) is 0 Å². The van der Waals surface area contributed by atoms with E-state index >= 15 is 0 Å². The lowest BCUT2D eigenvalue weighted by Crippen LogP contribution is -2.63. The highest BCUT2D eigenvalue weighted by atomic mass is 15.3. The zero-order chi connectivity index (χ0) is 34.1. The predicted molar refractivity (Wildman–Crippen MR) is 209 cm³/mol. The summed E-state index contributed by atoms with van der Waals surface area (Å²) in [4.78, 5) is 5.31. The second-order valence-electron chi connectivity index (χ2n) is 17.6. The van der Waals surface area contributed by atoms with Crippen LogP contribution < -0.4 is 26.2 Å². The van der Waals surface area contributed by atoms with Crippen molar-refractivity contribution in [2.45, 2.75) is 97.9 Å². The lowest BCUT2D eigenvalue weighted by atomic mass is 9.33. The van der Waals surface area contributed by atoms with Gasteiger partial charge in [-0.2, -0.15) is 0 Å². The Balaban J connectivity index is 1.50. The summed E-state index contributed by atoms with van der Waals surface area (Å²) in [6, 6.07) is 37.5. The molecule has 5 aromatic carbocycles.